The highest BCUT2D eigenvalue weighted by Crippen LogP contribution is 2.22. The summed E-state index contributed by atoms with van der Waals surface area (Å²) in [6, 6.07) is 1.85. The van der Waals surface area contributed by atoms with Crippen molar-refractivity contribution in [3.63, 3.8) is 0 Å². The molecule has 17 heavy (non-hydrogen) atoms. The highest BCUT2D eigenvalue weighted by molar-refractivity contribution is 5.27. The van der Waals surface area contributed by atoms with E-state index in [1.54, 1.807) is 6.20 Å². The number of aryl methyl sites for hydroxylation is 3. The molecule has 0 amide bonds. The van der Waals surface area contributed by atoms with Crippen molar-refractivity contribution in [1.29, 1.82) is 0 Å². The molecule has 2 rings (SSSR count). The third-order valence-electron chi connectivity index (χ3n) is 2.77. The molecule has 1 unspecified atom stereocenters. The third-order valence-corrected chi connectivity index (χ3v) is 2.77. The maximum Gasteiger partial charge on any atom is 0.142 e. The number of aliphatic hydroxyl groups excluding tert-OH is 1. The first-order chi connectivity index (χ1) is 8.13. The highest BCUT2D eigenvalue weighted by Gasteiger charge is 2.18. The van der Waals surface area contributed by atoms with Gasteiger partial charge in [0.2, 0.25) is 0 Å². The van der Waals surface area contributed by atoms with Gasteiger partial charge in [0.15, 0.2) is 0 Å². The summed E-state index contributed by atoms with van der Waals surface area (Å²) in [5.41, 5.74) is 2.28. The molecule has 0 aromatic carbocycles. The molecule has 0 saturated carbocycles. The molecular formula is C12H16N4O. The summed E-state index contributed by atoms with van der Waals surface area (Å²) >= 11 is 0. The van der Waals surface area contributed by atoms with Gasteiger partial charge in [-0.05, 0) is 26.8 Å². The van der Waals surface area contributed by atoms with Crippen LogP contribution in [0.1, 0.15) is 35.8 Å². The first kappa shape index (κ1) is 11.7. The fraction of sp³-hybridized carbons (Fsp3) is 0.417. The number of aliphatic hydroxyl groups is 1. The first-order valence-corrected chi connectivity index (χ1v) is 5.63. The largest absolute Gasteiger partial charge is 0.380 e. The van der Waals surface area contributed by atoms with Gasteiger partial charge in [0.1, 0.15) is 11.9 Å². The Kier molecular flexibility index (Phi) is 3.19. The van der Waals surface area contributed by atoms with E-state index in [-0.39, 0.29) is 0 Å². The van der Waals surface area contributed by atoms with Crippen LogP contribution in [0.25, 0.3) is 0 Å². The maximum absolute atomic E-state index is 10.3. The Morgan fingerprint density at radius 1 is 1.35 bits per heavy atom. The van der Waals surface area contributed by atoms with Crippen molar-refractivity contribution < 1.29 is 5.11 Å². The molecule has 5 nitrogen and oxygen atoms in total. The number of aromatic nitrogens is 4. The summed E-state index contributed by atoms with van der Waals surface area (Å²) in [5.74, 6) is 0.642. The van der Waals surface area contributed by atoms with Gasteiger partial charge in [-0.25, -0.2) is 4.98 Å². The van der Waals surface area contributed by atoms with Crippen molar-refractivity contribution in [2.24, 2.45) is 0 Å². The second-order valence-electron chi connectivity index (χ2n) is 4.00. The molecule has 5 heteroatoms. The zero-order valence-electron chi connectivity index (χ0n) is 10.3. The number of hydrogen-bond donors (Lipinski definition) is 1. The van der Waals surface area contributed by atoms with Crippen LogP contribution in [0, 0.1) is 13.8 Å². The van der Waals surface area contributed by atoms with Crippen LogP contribution in [0.3, 0.4) is 0 Å². The summed E-state index contributed by atoms with van der Waals surface area (Å²) in [4.78, 5) is 4.20. The van der Waals surface area contributed by atoms with Crippen LogP contribution in [0.2, 0.25) is 0 Å². The molecule has 0 bridgehead atoms. The molecule has 0 saturated heterocycles. The molecule has 1 atom stereocenters. The third kappa shape index (κ3) is 2.19. The summed E-state index contributed by atoms with van der Waals surface area (Å²) in [7, 11) is 0. The topological polar surface area (TPSA) is 63.8 Å². The minimum absolute atomic E-state index is 0.642. The molecule has 0 aliphatic rings. The molecule has 0 aliphatic heterocycles. The summed E-state index contributed by atoms with van der Waals surface area (Å²) in [5, 5.41) is 18.3. The Morgan fingerprint density at radius 3 is 2.82 bits per heavy atom. The van der Waals surface area contributed by atoms with Gasteiger partial charge < -0.3 is 9.67 Å². The van der Waals surface area contributed by atoms with Gasteiger partial charge in [0.05, 0.1) is 11.4 Å². The Labute approximate surface area is 100 Å². The van der Waals surface area contributed by atoms with Gasteiger partial charge in [0.25, 0.3) is 0 Å². The Balaban J connectivity index is 2.43. The number of rotatable bonds is 3. The number of imidazole rings is 1. The van der Waals surface area contributed by atoms with Crippen molar-refractivity contribution >= 4 is 0 Å². The zero-order valence-corrected chi connectivity index (χ0v) is 10.3. The Morgan fingerprint density at radius 2 is 2.12 bits per heavy atom. The van der Waals surface area contributed by atoms with Crippen LogP contribution in [-0.2, 0) is 6.54 Å². The summed E-state index contributed by atoms with van der Waals surface area (Å²) < 4.78 is 1.92. The Hall–Kier alpha value is -1.75. The predicted molar refractivity (Wildman–Crippen MR) is 63.5 cm³/mol. The monoisotopic (exact) mass is 232 g/mol. The van der Waals surface area contributed by atoms with E-state index in [1.165, 1.54) is 0 Å². The highest BCUT2D eigenvalue weighted by atomic mass is 16.3. The fourth-order valence-electron chi connectivity index (χ4n) is 1.82. The van der Waals surface area contributed by atoms with E-state index in [0.717, 1.165) is 23.5 Å². The molecule has 2 aromatic rings. The lowest BCUT2D eigenvalue weighted by Crippen LogP contribution is -2.11. The van der Waals surface area contributed by atoms with E-state index in [9.17, 15) is 5.11 Å². The molecule has 0 fully saturated rings. The standard InChI is InChI=1S/C12H16N4O/c1-4-16-6-5-13-12(16)11(17)10-7-8(2)14-15-9(10)3/h5-7,11,17H,4H2,1-3H3. The van der Waals surface area contributed by atoms with Gasteiger partial charge in [-0.15, -0.1) is 0 Å². The fourth-order valence-corrected chi connectivity index (χ4v) is 1.82. The molecule has 2 heterocycles. The van der Waals surface area contributed by atoms with Gasteiger partial charge in [-0.2, -0.15) is 10.2 Å². The molecule has 2 aromatic heterocycles. The van der Waals surface area contributed by atoms with Gasteiger partial charge in [0, 0.05) is 24.5 Å². The van der Waals surface area contributed by atoms with Crippen LogP contribution in [-0.4, -0.2) is 24.9 Å². The van der Waals surface area contributed by atoms with E-state index in [4.69, 9.17) is 0 Å². The number of hydrogen-bond acceptors (Lipinski definition) is 4. The molecule has 90 valence electrons. The minimum Gasteiger partial charge on any atom is -0.380 e. The molecule has 0 spiro atoms. The van der Waals surface area contributed by atoms with Gasteiger partial charge in [-0.1, -0.05) is 0 Å². The lowest BCUT2D eigenvalue weighted by Gasteiger charge is -2.14. The van der Waals surface area contributed by atoms with Crippen molar-refractivity contribution in [2.45, 2.75) is 33.4 Å². The lowest BCUT2D eigenvalue weighted by atomic mass is 10.1. The lowest BCUT2D eigenvalue weighted by molar-refractivity contribution is 0.203. The second-order valence-corrected chi connectivity index (χ2v) is 4.00. The van der Waals surface area contributed by atoms with Gasteiger partial charge in [-0.3, -0.25) is 0 Å². The smallest absolute Gasteiger partial charge is 0.142 e. The van der Waals surface area contributed by atoms with Crippen LogP contribution in [0.15, 0.2) is 18.5 Å². The van der Waals surface area contributed by atoms with Crippen LogP contribution in [0.5, 0.6) is 0 Å². The van der Waals surface area contributed by atoms with E-state index in [0.29, 0.717) is 5.82 Å². The first-order valence-electron chi connectivity index (χ1n) is 5.63. The second kappa shape index (κ2) is 4.63. The van der Waals surface area contributed by atoms with Crippen LogP contribution < -0.4 is 0 Å². The molecule has 1 N–H and O–H groups in total. The molecular weight excluding hydrogens is 216 g/mol. The van der Waals surface area contributed by atoms with E-state index >= 15 is 0 Å². The van der Waals surface area contributed by atoms with Crippen molar-refractivity contribution in [1.82, 2.24) is 19.7 Å². The van der Waals surface area contributed by atoms with Gasteiger partial charge >= 0.3 is 0 Å². The minimum atomic E-state index is -0.751. The van der Waals surface area contributed by atoms with Crippen molar-refractivity contribution in [3.8, 4) is 0 Å². The maximum atomic E-state index is 10.3. The van der Waals surface area contributed by atoms with Crippen molar-refractivity contribution in [2.75, 3.05) is 0 Å². The van der Waals surface area contributed by atoms with E-state index < -0.39 is 6.10 Å². The summed E-state index contributed by atoms with van der Waals surface area (Å²) in [6.45, 7) is 6.49. The molecule has 0 radical (unpaired) electrons. The Bertz CT molecular complexity index is 521. The quantitative estimate of drug-likeness (QED) is 0.868. The van der Waals surface area contributed by atoms with E-state index in [1.807, 2.05) is 37.6 Å². The van der Waals surface area contributed by atoms with Crippen LogP contribution >= 0.6 is 0 Å². The SMILES string of the molecule is CCn1ccnc1C(O)c1cc(C)nnc1C. The normalized spacial score (nSPS) is 12.7. The predicted octanol–water partition coefficient (Wildman–Crippen LogP) is 1.39. The number of nitrogens with zero attached hydrogens (tertiary/aromatic N) is 4. The van der Waals surface area contributed by atoms with Crippen molar-refractivity contribution in [3.05, 3.63) is 41.2 Å². The average Bonchev–Trinajstić information content (AvgIpc) is 2.79. The zero-order chi connectivity index (χ0) is 12.4. The van der Waals surface area contributed by atoms with Crippen LogP contribution in [0.4, 0.5) is 0 Å². The molecule has 0 aliphatic carbocycles. The average molecular weight is 232 g/mol. The van der Waals surface area contributed by atoms with E-state index in [2.05, 4.69) is 15.2 Å². The summed E-state index contributed by atoms with van der Waals surface area (Å²) in [6.07, 6.45) is 2.80.